The zero-order valence-corrected chi connectivity index (χ0v) is 15.0. The zero-order valence-electron chi connectivity index (χ0n) is 15.0. The normalized spacial score (nSPS) is 45.9. The molecule has 2 fully saturated rings. The van der Waals surface area contributed by atoms with Gasteiger partial charge in [0.25, 0.3) is 0 Å². The van der Waals surface area contributed by atoms with Crippen LogP contribution in [0.1, 0.15) is 59.8 Å². The number of rotatable bonds is 3. The summed E-state index contributed by atoms with van der Waals surface area (Å²) in [6, 6.07) is 0. The molecule has 6 atom stereocenters. The van der Waals surface area contributed by atoms with E-state index in [-0.39, 0.29) is 22.9 Å². The summed E-state index contributed by atoms with van der Waals surface area (Å²) in [6.45, 7) is 9.41. The maximum Gasteiger partial charge on any atom is 0.162 e. The first-order valence-corrected chi connectivity index (χ1v) is 9.09. The Morgan fingerprint density at radius 3 is 2.78 bits per heavy atom. The number of aliphatic hydroxyl groups excluding tert-OH is 2. The van der Waals surface area contributed by atoms with Crippen molar-refractivity contribution in [3.05, 3.63) is 23.3 Å². The van der Waals surface area contributed by atoms with E-state index >= 15 is 0 Å². The van der Waals surface area contributed by atoms with Crippen LogP contribution in [0.25, 0.3) is 0 Å². The van der Waals surface area contributed by atoms with Gasteiger partial charge in [-0.3, -0.25) is 0 Å². The van der Waals surface area contributed by atoms with Crippen molar-refractivity contribution in [2.45, 2.75) is 72.2 Å². The first-order valence-electron chi connectivity index (χ1n) is 9.09. The van der Waals surface area contributed by atoms with E-state index in [9.17, 15) is 10.2 Å². The van der Waals surface area contributed by atoms with Gasteiger partial charge in [0.05, 0.1) is 12.7 Å². The third-order valence-electron chi connectivity index (χ3n) is 6.96. The Balaban J connectivity index is 1.91. The summed E-state index contributed by atoms with van der Waals surface area (Å²) in [5, 5.41) is 21.3. The summed E-state index contributed by atoms with van der Waals surface area (Å²) >= 11 is 0. The third-order valence-corrected chi connectivity index (χ3v) is 6.96. The van der Waals surface area contributed by atoms with E-state index < -0.39 is 6.29 Å². The molecule has 2 aliphatic carbocycles. The fourth-order valence-electron chi connectivity index (χ4n) is 5.60. The summed E-state index contributed by atoms with van der Waals surface area (Å²) in [7, 11) is 0. The molecule has 23 heavy (non-hydrogen) atoms. The van der Waals surface area contributed by atoms with Gasteiger partial charge in [-0.15, -0.1) is 0 Å². The fourth-order valence-corrected chi connectivity index (χ4v) is 5.60. The highest BCUT2D eigenvalue weighted by Crippen LogP contribution is 2.62. The largest absolute Gasteiger partial charge is 0.393 e. The summed E-state index contributed by atoms with van der Waals surface area (Å²) in [4.78, 5) is 0. The Hall–Kier alpha value is -0.640. The smallest absolute Gasteiger partial charge is 0.162 e. The van der Waals surface area contributed by atoms with Gasteiger partial charge in [-0.05, 0) is 62.9 Å². The number of fused-ring (bicyclic) bond motifs is 3. The molecule has 0 amide bonds. The standard InChI is InChI=1S/C20H32O3/c1-13(2)6-5-10-19(3)11-9-16(21)20(4)15(19)8-7-14-12-23-18(22)17(14)20/h6-7,15-18,21-22H,5,8-12H2,1-4H3/t15-,16+,17+,18+,19+,20+/m0/s1. The van der Waals surface area contributed by atoms with Crippen molar-refractivity contribution in [3.8, 4) is 0 Å². The summed E-state index contributed by atoms with van der Waals surface area (Å²) in [5.74, 6) is 0.355. The van der Waals surface area contributed by atoms with Crippen LogP contribution < -0.4 is 0 Å². The molecule has 1 heterocycles. The molecule has 1 saturated carbocycles. The first-order chi connectivity index (χ1) is 10.8. The van der Waals surface area contributed by atoms with Gasteiger partial charge in [-0.1, -0.05) is 31.6 Å². The van der Waals surface area contributed by atoms with Crippen LogP contribution in [0.15, 0.2) is 23.3 Å². The van der Waals surface area contributed by atoms with E-state index in [0.717, 1.165) is 32.1 Å². The average molecular weight is 320 g/mol. The Morgan fingerprint density at radius 1 is 1.35 bits per heavy atom. The van der Waals surface area contributed by atoms with Gasteiger partial charge in [0.15, 0.2) is 6.29 Å². The summed E-state index contributed by atoms with van der Waals surface area (Å²) in [5.41, 5.74) is 2.50. The lowest BCUT2D eigenvalue weighted by atomic mass is 9.46. The van der Waals surface area contributed by atoms with Crippen molar-refractivity contribution in [2.24, 2.45) is 22.7 Å². The summed E-state index contributed by atoms with van der Waals surface area (Å²) < 4.78 is 5.51. The number of ether oxygens (including phenoxy) is 1. The SMILES string of the molecule is CC(C)=CCC[C@]1(C)CC[C@@H](O)[C@]2(C)[C@@H]3C(=CC[C@@H]12)CO[C@H]3O. The topological polar surface area (TPSA) is 49.7 Å². The Labute approximate surface area is 140 Å². The lowest BCUT2D eigenvalue weighted by Gasteiger charge is -2.59. The third kappa shape index (κ3) is 2.71. The lowest BCUT2D eigenvalue weighted by molar-refractivity contribution is -0.183. The number of aliphatic hydroxyl groups is 2. The predicted octanol–water partition coefficient (Wildman–Crippen LogP) is 3.81. The van der Waals surface area contributed by atoms with E-state index in [1.165, 1.54) is 11.1 Å². The minimum absolute atomic E-state index is 0.0423. The molecule has 0 radical (unpaired) electrons. The van der Waals surface area contributed by atoms with Crippen molar-refractivity contribution in [1.29, 1.82) is 0 Å². The van der Waals surface area contributed by atoms with Gasteiger partial charge in [-0.2, -0.15) is 0 Å². The molecule has 3 nitrogen and oxygen atoms in total. The second-order valence-corrected chi connectivity index (χ2v) is 8.64. The van der Waals surface area contributed by atoms with E-state index in [1.54, 1.807) is 0 Å². The van der Waals surface area contributed by atoms with Gasteiger partial charge < -0.3 is 14.9 Å². The minimum Gasteiger partial charge on any atom is -0.393 e. The molecule has 0 aromatic carbocycles. The molecule has 1 saturated heterocycles. The van der Waals surface area contributed by atoms with Crippen LogP contribution >= 0.6 is 0 Å². The summed E-state index contributed by atoms with van der Waals surface area (Å²) in [6.07, 6.45) is 8.64. The Bertz CT molecular complexity index is 519. The second kappa shape index (κ2) is 6.02. The molecule has 130 valence electrons. The molecule has 3 aliphatic rings. The van der Waals surface area contributed by atoms with Gasteiger partial charge in [0.1, 0.15) is 0 Å². The van der Waals surface area contributed by atoms with Gasteiger partial charge >= 0.3 is 0 Å². The van der Waals surface area contributed by atoms with Gasteiger partial charge in [0.2, 0.25) is 0 Å². The van der Waals surface area contributed by atoms with Crippen molar-refractivity contribution in [2.75, 3.05) is 6.61 Å². The zero-order chi connectivity index (χ0) is 16.8. The first kappa shape index (κ1) is 17.2. The average Bonchev–Trinajstić information content (AvgIpc) is 2.86. The maximum atomic E-state index is 10.9. The molecule has 0 bridgehead atoms. The molecule has 0 aromatic rings. The molecule has 1 aliphatic heterocycles. The van der Waals surface area contributed by atoms with Crippen LogP contribution in [0.5, 0.6) is 0 Å². The van der Waals surface area contributed by atoms with Crippen LogP contribution in [0, 0.1) is 22.7 Å². The minimum atomic E-state index is -0.760. The fraction of sp³-hybridized carbons (Fsp3) is 0.800. The molecule has 0 spiro atoms. The van der Waals surface area contributed by atoms with Crippen molar-refractivity contribution in [3.63, 3.8) is 0 Å². The quantitative estimate of drug-likeness (QED) is 0.777. The highest BCUT2D eigenvalue weighted by molar-refractivity contribution is 5.25. The van der Waals surface area contributed by atoms with Gasteiger partial charge in [0, 0.05) is 11.3 Å². The lowest BCUT2D eigenvalue weighted by Crippen LogP contribution is -2.58. The van der Waals surface area contributed by atoms with Crippen molar-refractivity contribution < 1.29 is 14.9 Å². The number of allylic oxidation sites excluding steroid dienone is 3. The molecule has 0 unspecified atom stereocenters. The Morgan fingerprint density at radius 2 is 2.09 bits per heavy atom. The van der Waals surface area contributed by atoms with Crippen LogP contribution in [0.3, 0.4) is 0 Å². The maximum absolute atomic E-state index is 10.9. The molecular weight excluding hydrogens is 288 g/mol. The predicted molar refractivity (Wildman–Crippen MR) is 91.8 cm³/mol. The number of hydrogen-bond donors (Lipinski definition) is 2. The van der Waals surface area contributed by atoms with Gasteiger partial charge in [-0.25, -0.2) is 0 Å². The van der Waals surface area contributed by atoms with Crippen LogP contribution in [0.4, 0.5) is 0 Å². The molecule has 0 aromatic heterocycles. The van der Waals surface area contributed by atoms with E-state index in [2.05, 4.69) is 39.8 Å². The molecule has 3 rings (SSSR count). The van der Waals surface area contributed by atoms with E-state index in [1.807, 2.05) is 0 Å². The molecular formula is C20H32O3. The van der Waals surface area contributed by atoms with E-state index in [4.69, 9.17) is 4.74 Å². The molecule has 3 heteroatoms. The van der Waals surface area contributed by atoms with Crippen LogP contribution in [0.2, 0.25) is 0 Å². The monoisotopic (exact) mass is 320 g/mol. The second-order valence-electron chi connectivity index (χ2n) is 8.64. The highest BCUT2D eigenvalue weighted by Gasteiger charge is 2.61. The molecule has 2 N–H and O–H groups in total. The van der Waals surface area contributed by atoms with Crippen LogP contribution in [-0.4, -0.2) is 29.2 Å². The highest BCUT2D eigenvalue weighted by atomic mass is 16.6. The van der Waals surface area contributed by atoms with Crippen molar-refractivity contribution in [1.82, 2.24) is 0 Å². The van der Waals surface area contributed by atoms with E-state index in [0.29, 0.717) is 12.5 Å². The number of hydrogen-bond acceptors (Lipinski definition) is 3. The van der Waals surface area contributed by atoms with Crippen LogP contribution in [-0.2, 0) is 4.74 Å². The van der Waals surface area contributed by atoms with Crippen molar-refractivity contribution >= 4 is 0 Å². The Kier molecular flexibility index (Phi) is 4.50.